The first-order chi connectivity index (χ1) is 15.6. The van der Waals surface area contributed by atoms with Gasteiger partial charge in [-0.15, -0.1) is 0 Å². The molecule has 4 aromatic rings. The summed E-state index contributed by atoms with van der Waals surface area (Å²) >= 11 is 0. The fraction of sp³-hybridized carbons (Fsp3) is 0.167. The second kappa shape index (κ2) is 9.93. The van der Waals surface area contributed by atoms with Crippen LogP contribution < -0.4 is 10.2 Å². The van der Waals surface area contributed by atoms with Crippen molar-refractivity contribution in [2.75, 3.05) is 20.3 Å². The maximum atomic E-state index is 13.6. The first kappa shape index (κ1) is 21.3. The molecule has 8 heteroatoms. The number of rotatable bonds is 8. The predicted octanol–water partition coefficient (Wildman–Crippen LogP) is 3.44. The molecule has 0 spiro atoms. The second-order valence-corrected chi connectivity index (χ2v) is 7.01. The van der Waals surface area contributed by atoms with Crippen LogP contribution in [0.25, 0.3) is 17.1 Å². The van der Waals surface area contributed by atoms with Gasteiger partial charge >= 0.3 is 0 Å². The Balaban J connectivity index is 1.54. The molecule has 32 heavy (non-hydrogen) atoms. The molecule has 0 N–H and O–H groups in total. The third-order valence-corrected chi connectivity index (χ3v) is 4.69. The average Bonchev–Trinajstić information content (AvgIpc) is 2.81. The maximum Gasteiger partial charge on any atom is 0.203 e. The Hall–Kier alpha value is -3.91. The van der Waals surface area contributed by atoms with Gasteiger partial charge in [0, 0.05) is 31.4 Å². The molecule has 2 aromatic heterocycles. The Morgan fingerprint density at radius 1 is 1.00 bits per heavy atom. The number of benzene rings is 2. The molecule has 0 saturated carbocycles. The summed E-state index contributed by atoms with van der Waals surface area (Å²) in [6, 6.07) is 15.1. The van der Waals surface area contributed by atoms with E-state index in [1.807, 2.05) is 24.3 Å². The highest BCUT2D eigenvalue weighted by atomic mass is 19.1. The summed E-state index contributed by atoms with van der Waals surface area (Å²) in [7, 11) is 1.61. The zero-order valence-electron chi connectivity index (χ0n) is 17.4. The van der Waals surface area contributed by atoms with E-state index in [0.29, 0.717) is 42.6 Å². The van der Waals surface area contributed by atoms with Crippen LogP contribution in [0.1, 0.15) is 11.3 Å². The van der Waals surface area contributed by atoms with E-state index in [9.17, 15) is 9.18 Å². The van der Waals surface area contributed by atoms with Crippen LogP contribution in [0.5, 0.6) is 5.75 Å². The number of nitrogens with zero attached hydrogens (tertiary/aromatic N) is 4. The minimum absolute atomic E-state index is 0.183. The quantitative estimate of drug-likeness (QED) is 0.397. The summed E-state index contributed by atoms with van der Waals surface area (Å²) in [5.74, 6) is 0.741. The van der Waals surface area contributed by atoms with Gasteiger partial charge in [-0.1, -0.05) is 24.3 Å². The van der Waals surface area contributed by atoms with Crippen molar-refractivity contribution in [3.63, 3.8) is 0 Å². The SMILES string of the molecule is COCCOc1cnc(-c2cccc(Cc3nn(-c4cccc(F)c4)ccc3=O)c2)nc1. The van der Waals surface area contributed by atoms with E-state index >= 15 is 0 Å². The fourth-order valence-corrected chi connectivity index (χ4v) is 3.13. The maximum absolute atomic E-state index is 13.6. The number of aromatic nitrogens is 4. The zero-order chi connectivity index (χ0) is 22.3. The highest BCUT2D eigenvalue weighted by molar-refractivity contribution is 5.56. The van der Waals surface area contributed by atoms with E-state index < -0.39 is 0 Å². The summed E-state index contributed by atoms with van der Waals surface area (Å²) in [6.07, 6.45) is 5.07. The van der Waals surface area contributed by atoms with Crippen LogP contribution in [0, 0.1) is 5.82 Å². The van der Waals surface area contributed by atoms with E-state index in [2.05, 4.69) is 15.1 Å². The summed E-state index contributed by atoms with van der Waals surface area (Å²) in [4.78, 5) is 21.1. The van der Waals surface area contributed by atoms with Gasteiger partial charge in [0.25, 0.3) is 0 Å². The van der Waals surface area contributed by atoms with Crippen LogP contribution in [-0.4, -0.2) is 40.1 Å². The molecule has 0 aliphatic heterocycles. The number of hydrogen-bond donors (Lipinski definition) is 0. The van der Waals surface area contributed by atoms with Crippen LogP contribution in [0.2, 0.25) is 0 Å². The minimum Gasteiger partial charge on any atom is -0.488 e. The topological polar surface area (TPSA) is 79.1 Å². The van der Waals surface area contributed by atoms with Gasteiger partial charge in [-0.25, -0.2) is 19.0 Å². The lowest BCUT2D eigenvalue weighted by Crippen LogP contribution is -2.16. The highest BCUT2D eigenvalue weighted by Crippen LogP contribution is 2.19. The first-order valence-electron chi connectivity index (χ1n) is 10.0. The second-order valence-electron chi connectivity index (χ2n) is 7.01. The zero-order valence-corrected chi connectivity index (χ0v) is 17.4. The standard InChI is InChI=1S/C24H21FN4O3/c1-31-10-11-32-21-15-26-24(27-16-21)18-5-2-4-17(12-18)13-22-23(30)8-9-29(28-22)20-7-3-6-19(25)14-20/h2-9,12,14-16H,10-11,13H2,1H3. The molecule has 0 aliphatic carbocycles. The lowest BCUT2D eigenvalue weighted by Gasteiger charge is -2.09. The predicted molar refractivity (Wildman–Crippen MR) is 117 cm³/mol. The Bertz CT molecular complexity index is 1260. The van der Waals surface area contributed by atoms with Gasteiger partial charge in [0.1, 0.15) is 18.1 Å². The smallest absolute Gasteiger partial charge is 0.203 e. The molecule has 162 valence electrons. The first-order valence-corrected chi connectivity index (χ1v) is 10.0. The van der Waals surface area contributed by atoms with Crippen LogP contribution in [0.15, 0.2) is 78.0 Å². The van der Waals surface area contributed by atoms with Crippen molar-refractivity contribution in [3.8, 4) is 22.8 Å². The highest BCUT2D eigenvalue weighted by Gasteiger charge is 2.09. The van der Waals surface area contributed by atoms with Gasteiger partial charge in [0.15, 0.2) is 11.6 Å². The van der Waals surface area contributed by atoms with E-state index in [1.165, 1.54) is 29.1 Å². The number of halogens is 1. The van der Waals surface area contributed by atoms with Gasteiger partial charge in [0.05, 0.1) is 24.7 Å². The number of hydrogen-bond acceptors (Lipinski definition) is 6. The van der Waals surface area contributed by atoms with Crippen molar-refractivity contribution in [2.45, 2.75) is 6.42 Å². The lowest BCUT2D eigenvalue weighted by molar-refractivity contribution is 0.146. The number of ether oxygens (including phenoxy) is 2. The van der Waals surface area contributed by atoms with E-state index in [1.54, 1.807) is 31.6 Å². The van der Waals surface area contributed by atoms with Gasteiger partial charge in [-0.05, 0) is 29.8 Å². The van der Waals surface area contributed by atoms with Crippen molar-refractivity contribution in [1.29, 1.82) is 0 Å². The normalized spacial score (nSPS) is 10.8. The third-order valence-electron chi connectivity index (χ3n) is 4.69. The molecule has 0 aliphatic rings. The van der Waals surface area contributed by atoms with E-state index in [-0.39, 0.29) is 11.2 Å². The molecule has 0 saturated heterocycles. The van der Waals surface area contributed by atoms with Gasteiger partial charge in [-0.3, -0.25) is 4.79 Å². The molecule has 0 amide bonds. The molecule has 7 nitrogen and oxygen atoms in total. The van der Waals surface area contributed by atoms with Crippen molar-refractivity contribution in [2.24, 2.45) is 0 Å². The third kappa shape index (κ3) is 5.22. The number of methoxy groups -OCH3 is 1. The molecule has 2 heterocycles. The van der Waals surface area contributed by atoms with Crippen molar-refractivity contribution in [1.82, 2.24) is 19.7 Å². The summed E-state index contributed by atoms with van der Waals surface area (Å²) < 4.78 is 25.5. The molecule has 2 aromatic carbocycles. The van der Waals surface area contributed by atoms with Crippen LogP contribution in [0.4, 0.5) is 4.39 Å². The molecule has 0 fully saturated rings. The van der Waals surface area contributed by atoms with Gasteiger partial charge in [-0.2, -0.15) is 5.10 Å². The molecule has 4 rings (SSSR count). The Morgan fingerprint density at radius 3 is 2.59 bits per heavy atom. The monoisotopic (exact) mass is 432 g/mol. The van der Waals surface area contributed by atoms with E-state index in [0.717, 1.165) is 11.1 Å². The summed E-state index contributed by atoms with van der Waals surface area (Å²) in [5, 5.41) is 4.41. The summed E-state index contributed by atoms with van der Waals surface area (Å²) in [5.41, 5.74) is 2.41. The summed E-state index contributed by atoms with van der Waals surface area (Å²) in [6.45, 7) is 0.907. The molecule has 0 bridgehead atoms. The van der Waals surface area contributed by atoms with E-state index in [4.69, 9.17) is 9.47 Å². The molecule has 0 atom stereocenters. The Kier molecular flexibility index (Phi) is 6.62. The van der Waals surface area contributed by atoms with Crippen LogP contribution in [0.3, 0.4) is 0 Å². The van der Waals surface area contributed by atoms with Crippen LogP contribution >= 0.6 is 0 Å². The largest absolute Gasteiger partial charge is 0.488 e. The molecule has 0 radical (unpaired) electrons. The molecule has 0 unspecified atom stereocenters. The van der Waals surface area contributed by atoms with Crippen molar-refractivity contribution in [3.05, 3.63) is 100 Å². The van der Waals surface area contributed by atoms with Crippen molar-refractivity contribution >= 4 is 0 Å². The van der Waals surface area contributed by atoms with Gasteiger partial charge in [0.2, 0.25) is 5.43 Å². The molecular weight excluding hydrogens is 411 g/mol. The Morgan fingerprint density at radius 2 is 1.81 bits per heavy atom. The van der Waals surface area contributed by atoms with Gasteiger partial charge < -0.3 is 9.47 Å². The lowest BCUT2D eigenvalue weighted by atomic mass is 10.1. The Labute approximate surface area is 184 Å². The van der Waals surface area contributed by atoms with Crippen LogP contribution in [-0.2, 0) is 11.2 Å². The fourth-order valence-electron chi connectivity index (χ4n) is 3.13. The van der Waals surface area contributed by atoms with Crippen molar-refractivity contribution < 1.29 is 13.9 Å². The molecular formula is C24H21FN4O3. The minimum atomic E-state index is -0.368. The average molecular weight is 432 g/mol.